The zero-order valence-corrected chi connectivity index (χ0v) is 14.1. The summed E-state index contributed by atoms with van der Waals surface area (Å²) in [6, 6.07) is 7.05. The molecule has 0 amide bonds. The van der Waals surface area contributed by atoms with E-state index in [0.29, 0.717) is 11.5 Å². The largest absolute Gasteiger partial charge is 0.410 e. The normalized spacial score (nSPS) is 20.0. The van der Waals surface area contributed by atoms with Gasteiger partial charge >= 0.3 is 6.18 Å². The second kappa shape index (κ2) is 5.41. The Morgan fingerprint density at radius 2 is 2.00 bits per heavy atom. The van der Waals surface area contributed by atoms with Crippen molar-refractivity contribution in [3.05, 3.63) is 36.7 Å². The van der Waals surface area contributed by atoms with Gasteiger partial charge in [-0.25, -0.2) is 19.2 Å². The van der Waals surface area contributed by atoms with Crippen LogP contribution in [0.15, 0.2) is 36.7 Å². The molecule has 10 heteroatoms. The van der Waals surface area contributed by atoms with Crippen molar-refractivity contribution in [1.82, 2.24) is 29.4 Å². The summed E-state index contributed by atoms with van der Waals surface area (Å²) < 4.78 is 42.7. The Morgan fingerprint density at radius 3 is 2.81 bits per heavy atom. The first kappa shape index (κ1) is 16.0. The van der Waals surface area contributed by atoms with E-state index in [1.807, 2.05) is 24.3 Å². The fourth-order valence-electron chi connectivity index (χ4n) is 3.46. The molecule has 1 aromatic carbocycles. The van der Waals surface area contributed by atoms with Gasteiger partial charge in [-0.15, -0.1) is 5.10 Å². The molecular formula is C17H14F3N7. The number of alkyl halides is 3. The lowest BCUT2D eigenvalue weighted by Crippen LogP contribution is -2.37. The molecule has 1 N–H and O–H groups in total. The molecule has 0 spiro atoms. The van der Waals surface area contributed by atoms with Crippen LogP contribution in [0.25, 0.3) is 28.1 Å². The molecule has 0 fully saturated rings. The number of benzene rings is 1. The van der Waals surface area contributed by atoms with Crippen molar-refractivity contribution in [1.29, 1.82) is 0 Å². The van der Waals surface area contributed by atoms with Crippen molar-refractivity contribution >= 4 is 22.4 Å². The lowest BCUT2D eigenvalue weighted by molar-refractivity contribution is -0.173. The van der Waals surface area contributed by atoms with Gasteiger partial charge in [0.05, 0.1) is 5.52 Å². The Kier molecular flexibility index (Phi) is 3.22. The van der Waals surface area contributed by atoms with Crippen molar-refractivity contribution < 1.29 is 13.2 Å². The third-order valence-corrected chi connectivity index (χ3v) is 4.69. The standard InChI is InChI=1S/C17H14F3N7/c1-9-6-13(17(18,19)20)27-14(22-9)7-12(24-27)15-23-16-10-4-2-3-5-11(10)21-8-26(16)25-15/h2-5,7-9,13,22H,6H2,1H3/t9-,13+/m1/s1. The Balaban J connectivity index is 1.65. The second-order valence-electron chi connectivity index (χ2n) is 6.66. The Morgan fingerprint density at radius 1 is 1.19 bits per heavy atom. The first-order valence-corrected chi connectivity index (χ1v) is 8.43. The summed E-state index contributed by atoms with van der Waals surface area (Å²) in [5, 5.41) is 12.3. The van der Waals surface area contributed by atoms with Gasteiger partial charge in [-0.1, -0.05) is 12.1 Å². The molecule has 0 saturated carbocycles. The van der Waals surface area contributed by atoms with Crippen LogP contribution in [-0.4, -0.2) is 41.6 Å². The van der Waals surface area contributed by atoms with Gasteiger partial charge in [0, 0.05) is 17.5 Å². The van der Waals surface area contributed by atoms with Crippen LogP contribution in [0.3, 0.4) is 0 Å². The molecule has 3 aromatic heterocycles. The molecular weight excluding hydrogens is 359 g/mol. The van der Waals surface area contributed by atoms with Gasteiger partial charge in [0.15, 0.2) is 11.7 Å². The van der Waals surface area contributed by atoms with E-state index < -0.39 is 12.2 Å². The zero-order chi connectivity index (χ0) is 18.8. The van der Waals surface area contributed by atoms with E-state index in [-0.39, 0.29) is 24.0 Å². The molecule has 138 valence electrons. The van der Waals surface area contributed by atoms with E-state index in [4.69, 9.17) is 0 Å². The fraction of sp³-hybridized carbons (Fsp3) is 0.294. The molecule has 0 radical (unpaired) electrons. The van der Waals surface area contributed by atoms with E-state index in [1.165, 1.54) is 10.8 Å². The highest BCUT2D eigenvalue weighted by Gasteiger charge is 2.45. The number of para-hydroxylation sites is 1. The maximum atomic E-state index is 13.4. The predicted molar refractivity (Wildman–Crippen MR) is 92.3 cm³/mol. The highest BCUT2D eigenvalue weighted by Crippen LogP contribution is 2.40. The van der Waals surface area contributed by atoms with Crippen molar-refractivity contribution in [2.24, 2.45) is 0 Å². The number of halogens is 3. The van der Waals surface area contributed by atoms with Gasteiger partial charge in [-0.3, -0.25) is 0 Å². The summed E-state index contributed by atoms with van der Waals surface area (Å²) in [6.07, 6.45) is -2.92. The van der Waals surface area contributed by atoms with E-state index in [1.54, 1.807) is 13.0 Å². The topological polar surface area (TPSA) is 72.9 Å². The average molecular weight is 373 g/mol. The third-order valence-electron chi connectivity index (χ3n) is 4.69. The maximum Gasteiger partial charge on any atom is 0.410 e. The number of anilines is 1. The zero-order valence-electron chi connectivity index (χ0n) is 14.1. The number of nitrogens with zero attached hydrogens (tertiary/aromatic N) is 6. The van der Waals surface area contributed by atoms with E-state index in [2.05, 4.69) is 25.5 Å². The maximum absolute atomic E-state index is 13.4. The molecule has 0 aliphatic carbocycles. The van der Waals surface area contributed by atoms with E-state index >= 15 is 0 Å². The number of aromatic nitrogens is 6. The first-order chi connectivity index (χ1) is 12.9. The Labute approximate surface area is 150 Å². The molecule has 7 nitrogen and oxygen atoms in total. The summed E-state index contributed by atoms with van der Waals surface area (Å²) in [6.45, 7) is 1.72. The minimum Gasteiger partial charge on any atom is -0.368 e. The first-order valence-electron chi connectivity index (χ1n) is 8.43. The Bertz CT molecular complexity index is 1160. The molecule has 1 aliphatic heterocycles. The molecule has 0 saturated heterocycles. The van der Waals surface area contributed by atoms with Crippen LogP contribution in [0.1, 0.15) is 19.4 Å². The third kappa shape index (κ3) is 2.51. The van der Waals surface area contributed by atoms with E-state index in [0.717, 1.165) is 15.6 Å². The van der Waals surface area contributed by atoms with Crippen molar-refractivity contribution in [3.8, 4) is 11.5 Å². The van der Waals surface area contributed by atoms with Crippen LogP contribution >= 0.6 is 0 Å². The molecule has 4 aromatic rings. The fourth-order valence-corrected chi connectivity index (χ4v) is 3.46. The number of hydrogen-bond acceptors (Lipinski definition) is 5. The van der Waals surface area contributed by atoms with Gasteiger partial charge in [0.1, 0.15) is 17.8 Å². The molecule has 1 aliphatic rings. The molecule has 0 bridgehead atoms. The van der Waals surface area contributed by atoms with Crippen LogP contribution < -0.4 is 5.32 Å². The van der Waals surface area contributed by atoms with Crippen LogP contribution in [-0.2, 0) is 0 Å². The minimum atomic E-state index is -4.37. The van der Waals surface area contributed by atoms with Gasteiger partial charge in [0.25, 0.3) is 0 Å². The highest BCUT2D eigenvalue weighted by atomic mass is 19.4. The monoisotopic (exact) mass is 373 g/mol. The molecule has 2 atom stereocenters. The van der Waals surface area contributed by atoms with Gasteiger partial charge in [-0.2, -0.15) is 18.3 Å². The minimum absolute atomic E-state index is 0.0786. The number of fused-ring (bicyclic) bond motifs is 4. The summed E-state index contributed by atoms with van der Waals surface area (Å²) >= 11 is 0. The van der Waals surface area contributed by atoms with Gasteiger partial charge in [-0.05, 0) is 25.5 Å². The SMILES string of the molecule is C[C@@H]1C[C@@H](C(F)(F)F)n2nc(-c3nc4c5ccccc5ncn4n3)cc2N1. The quantitative estimate of drug-likeness (QED) is 0.553. The van der Waals surface area contributed by atoms with Crippen LogP contribution in [0.4, 0.5) is 19.0 Å². The van der Waals surface area contributed by atoms with Crippen LogP contribution in [0.2, 0.25) is 0 Å². The summed E-state index contributed by atoms with van der Waals surface area (Å²) in [5.41, 5.74) is 1.63. The van der Waals surface area contributed by atoms with Crippen LogP contribution in [0, 0.1) is 0 Å². The number of nitrogens with one attached hydrogen (secondary N) is 1. The van der Waals surface area contributed by atoms with Crippen molar-refractivity contribution in [2.45, 2.75) is 31.6 Å². The van der Waals surface area contributed by atoms with Gasteiger partial charge < -0.3 is 5.32 Å². The van der Waals surface area contributed by atoms with Crippen molar-refractivity contribution in [3.63, 3.8) is 0 Å². The Hall–Kier alpha value is -3.17. The number of rotatable bonds is 1. The molecule has 5 rings (SSSR count). The summed E-state index contributed by atoms with van der Waals surface area (Å²) in [7, 11) is 0. The molecule has 4 heterocycles. The molecule has 0 unspecified atom stereocenters. The lowest BCUT2D eigenvalue weighted by atomic mass is 10.1. The van der Waals surface area contributed by atoms with Gasteiger partial charge in [0.2, 0.25) is 5.82 Å². The summed E-state index contributed by atoms with van der Waals surface area (Å²) in [4.78, 5) is 8.80. The van der Waals surface area contributed by atoms with Crippen LogP contribution in [0.5, 0.6) is 0 Å². The van der Waals surface area contributed by atoms with Crippen molar-refractivity contribution in [2.75, 3.05) is 5.32 Å². The molecule has 27 heavy (non-hydrogen) atoms. The lowest BCUT2D eigenvalue weighted by Gasteiger charge is -2.31. The summed E-state index contributed by atoms with van der Waals surface area (Å²) in [5.74, 6) is 0.568. The number of hydrogen-bond donors (Lipinski definition) is 1. The second-order valence-corrected chi connectivity index (χ2v) is 6.66. The van der Waals surface area contributed by atoms with E-state index in [9.17, 15) is 13.2 Å². The smallest absolute Gasteiger partial charge is 0.368 e. The predicted octanol–water partition coefficient (Wildman–Crippen LogP) is 3.45. The average Bonchev–Trinajstić information content (AvgIpc) is 3.23. The highest BCUT2D eigenvalue weighted by molar-refractivity contribution is 5.91.